The van der Waals surface area contributed by atoms with Crippen LogP contribution in [-0.4, -0.2) is 21.3 Å². The third kappa shape index (κ3) is 1.88. The van der Waals surface area contributed by atoms with E-state index < -0.39 is 11.4 Å². The molecule has 0 aliphatic heterocycles. The molecule has 1 aromatic rings. The maximum absolute atomic E-state index is 11.5. The van der Waals surface area contributed by atoms with Crippen LogP contribution in [0.4, 0.5) is 0 Å². The molecule has 0 amide bonds. The predicted molar refractivity (Wildman–Crippen MR) is 65.3 cm³/mol. The van der Waals surface area contributed by atoms with Gasteiger partial charge in [0, 0.05) is 10.0 Å². The Morgan fingerprint density at radius 3 is 2.35 bits per heavy atom. The Morgan fingerprint density at radius 2 is 1.82 bits per heavy atom. The van der Waals surface area contributed by atoms with Gasteiger partial charge in [0.2, 0.25) is 0 Å². The molecule has 0 unspecified atom stereocenters. The first-order valence-electron chi connectivity index (χ1n) is 5.43. The van der Waals surface area contributed by atoms with E-state index in [4.69, 9.17) is 0 Å². The predicted octanol–water partition coefficient (Wildman–Crippen LogP) is 2.76. The highest BCUT2D eigenvalue weighted by Gasteiger charge is 2.45. The Labute approximate surface area is 107 Å². The van der Waals surface area contributed by atoms with E-state index in [2.05, 4.69) is 15.9 Å². The van der Waals surface area contributed by atoms with Crippen molar-refractivity contribution in [2.75, 3.05) is 0 Å². The number of aromatic hydroxyl groups is 2. The summed E-state index contributed by atoms with van der Waals surface area (Å²) in [6, 6.07) is 2.93. The summed E-state index contributed by atoms with van der Waals surface area (Å²) in [6.45, 7) is 0. The molecule has 0 atom stereocenters. The number of hydrogen-bond acceptors (Lipinski definition) is 3. The third-order valence-corrected chi connectivity index (χ3v) is 3.89. The zero-order chi connectivity index (χ0) is 12.6. The Hall–Kier alpha value is -1.23. The van der Waals surface area contributed by atoms with E-state index in [9.17, 15) is 20.1 Å². The SMILES string of the molecule is O=C(O)C1(c2cc(Br)cc(O)c2O)CCCC1. The highest BCUT2D eigenvalue weighted by Crippen LogP contribution is 2.48. The van der Waals surface area contributed by atoms with Crippen molar-refractivity contribution in [1.82, 2.24) is 0 Å². The van der Waals surface area contributed by atoms with Crippen LogP contribution in [0.3, 0.4) is 0 Å². The number of hydrogen-bond donors (Lipinski definition) is 3. The summed E-state index contributed by atoms with van der Waals surface area (Å²) in [5.41, 5.74) is -0.764. The van der Waals surface area contributed by atoms with E-state index in [0.717, 1.165) is 12.8 Å². The quantitative estimate of drug-likeness (QED) is 0.734. The van der Waals surface area contributed by atoms with Crippen LogP contribution >= 0.6 is 15.9 Å². The summed E-state index contributed by atoms with van der Waals surface area (Å²) in [5.74, 6) is -1.55. The number of carbonyl (C=O) groups is 1. The second kappa shape index (κ2) is 4.22. The minimum absolute atomic E-state index is 0.290. The highest BCUT2D eigenvalue weighted by molar-refractivity contribution is 9.10. The lowest BCUT2D eigenvalue weighted by atomic mass is 9.78. The van der Waals surface area contributed by atoms with Gasteiger partial charge in [0.05, 0.1) is 5.41 Å². The van der Waals surface area contributed by atoms with E-state index in [1.807, 2.05) is 0 Å². The molecule has 17 heavy (non-hydrogen) atoms. The Balaban J connectivity index is 2.62. The average molecular weight is 301 g/mol. The van der Waals surface area contributed by atoms with Crippen molar-refractivity contribution in [3.63, 3.8) is 0 Å². The van der Waals surface area contributed by atoms with E-state index in [1.54, 1.807) is 6.07 Å². The van der Waals surface area contributed by atoms with Gasteiger partial charge in [0.1, 0.15) is 0 Å². The van der Waals surface area contributed by atoms with Crippen LogP contribution in [0.15, 0.2) is 16.6 Å². The second-order valence-corrected chi connectivity index (χ2v) is 5.33. The first-order chi connectivity index (χ1) is 7.97. The van der Waals surface area contributed by atoms with Crippen molar-refractivity contribution in [3.05, 3.63) is 22.2 Å². The van der Waals surface area contributed by atoms with Crippen LogP contribution in [0.25, 0.3) is 0 Å². The molecule has 5 heteroatoms. The van der Waals surface area contributed by atoms with Gasteiger partial charge in [-0.1, -0.05) is 28.8 Å². The molecule has 1 fully saturated rings. The number of phenols is 2. The minimum Gasteiger partial charge on any atom is -0.504 e. The van der Waals surface area contributed by atoms with Crippen molar-refractivity contribution in [2.24, 2.45) is 0 Å². The van der Waals surface area contributed by atoms with Gasteiger partial charge in [-0.25, -0.2) is 0 Å². The summed E-state index contributed by atoms with van der Waals surface area (Å²) < 4.78 is 0.565. The minimum atomic E-state index is -1.06. The zero-order valence-electron chi connectivity index (χ0n) is 9.11. The number of benzene rings is 1. The van der Waals surface area contributed by atoms with Gasteiger partial charge in [-0.15, -0.1) is 0 Å². The molecule has 0 heterocycles. The molecule has 1 aliphatic carbocycles. The van der Waals surface area contributed by atoms with Crippen molar-refractivity contribution in [1.29, 1.82) is 0 Å². The fourth-order valence-corrected chi connectivity index (χ4v) is 2.97. The Kier molecular flexibility index (Phi) is 3.03. The smallest absolute Gasteiger partial charge is 0.314 e. The number of carboxylic acids is 1. The molecule has 3 N–H and O–H groups in total. The van der Waals surface area contributed by atoms with E-state index in [0.29, 0.717) is 22.9 Å². The molecule has 1 saturated carbocycles. The molecule has 4 nitrogen and oxygen atoms in total. The summed E-state index contributed by atoms with van der Waals surface area (Å²) in [6.07, 6.45) is 2.62. The largest absolute Gasteiger partial charge is 0.504 e. The molecule has 1 aliphatic rings. The first kappa shape index (κ1) is 12.2. The second-order valence-electron chi connectivity index (χ2n) is 4.42. The monoisotopic (exact) mass is 300 g/mol. The standard InChI is InChI=1S/C12H13BrO4/c13-7-5-8(10(15)9(14)6-7)12(11(16)17)3-1-2-4-12/h5-6,14-15H,1-4H2,(H,16,17). The summed E-state index contributed by atoms with van der Waals surface area (Å²) >= 11 is 3.20. The van der Waals surface area contributed by atoms with E-state index in [1.165, 1.54) is 6.07 Å². The molecular weight excluding hydrogens is 288 g/mol. The molecule has 0 bridgehead atoms. The molecule has 1 aromatic carbocycles. The fraction of sp³-hybridized carbons (Fsp3) is 0.417. The first-order valence-corrected chi connectivity index (χ1v) is 6.22. The van der Waals surface area contributed by atoms with Gasteiger partial charge in [0.25, 0.3) is 0 Å². The van der Waals surface area contributed by atoms with E-state index >= 15 is 0 Å². The van der Waals surface area contributed by atoms with Crippen molar-refractivity contribution in [3.8, 4) is 11.5 Å². The molecule has 0 saturated heterocycles. The fourth-order valence-electron chi connectivity index (χ4n) is 2.53. The molecule has 0 aromatic heterocycles. The lowest BCUT2D eigenvalue weighted by Crippen LogP contribution is -2.32. The topological polar surface area (TPSA) is 77.8 Å². The maximum atomic E-state index is 11.5. The molecule has 0 spiro atoms. The van der Waals surface area contributed by atoms with Crippen LogP contribution in [0.1, 0.15) is 31.2 Å². The highest BCUT2D eigenvalue weighted by atomic mass is 79.9. The van der Waals surface area contributed by atoms with Crippen molar-refractivity contribution >= 4 is 21.9 Å². The summed E-state index contributed by atoms with van der Waals surface area (Å²) in [5, 5.41) is 28.8. The van der Waals surface area contributed by atoms with Crippen LogP contribution in [0, 0.1) is 0 Å². The molecular formula is C12H13BrO4. The average Bonchev–Trinajstić information content (AvgIpc) is 2.73. The number of halogens is 1. The summed E-state index contributed by atoms with van der Waals surface area (Å²) in [4.78, 5) is 11.5. The maximum Gasteiger partial charge on any atom is 0.314 e. The molecule has 2 rings (SSSR count). The van der Waals surface area contributed by atoms with Gasteiger partial charge in [0.15, 0.2) is 11.5 Å². The third-order valence-electron chi connectivity index (χ3n) is 3.44. The lowest BCUT2D eigenvalue weighted by molar-refractivity contribution is -0.143. The van der Waals surface area contributed by atoms with Gasteiger partial charge < -0.3 is 15.3 Å². The van der Waals surface area contributed by atoms with Crippen LogP contribution in [0.5, 0.6) is 11.5 Å². The van der Waals surface area contributed by atoms with Crippen molar-refractivity contribution < 1.29 is 20.1 Å². The van der Waals surface area contributed by atoms with Gasteiger partial charge >= 0.3 is 5.97 Å². The normalized spacial score (nSPS) is 18.2. The van der Waals surface area contributed by atoms with Crippen molar-refractivity contribution in [2.45, 2.75) is 31.1 Å². The summed E-state index contributed by atoms with van der Waals surface area (Å²) in [7, 11) is 0. The lowest BCUT2D eigenvalue weighted by Gasteiger charge is -2.25. The number of phenolic OH excluding ortho intramolecular Hbond substituents is 2. The Morgan fingerprint density at radius 1 is 1.24 bits per heavy atom. The van der Waals surface area contributed by atoms with E-state index in [-0.39, 0.29) is 11.5 Å². The van der Waals surface area contributed by atoms with Gasteiger partial charge in [-0.3, -0.25) is 4.79 Å². The van der Waals surface area contributed by atoms with Gasteiger partial charge in [-0.2, -0.15) is 0 Å². The number of aliphatic carboxylic acids is 1. The van der Waals surface area contributed by atoms with Gasteiger partial charge in [-0.05, 0) is 25.0 Å². The zero-order valence-corrected chi connectivity index (χ0v) is 10.7. The molecule has 0 radical (unpaired) electrons. The Bertz CT molecular complexity index is 464. The number of carboxylic acid groups (broad SMARTS) is 1. The number of rotatable bonds is 2. The van der Waals surface area contributed by atoms with Crippen LogP contribution in [-0.2, 0) is 10.2 Å². The van der Waals surface area contributed by atoms with Crippen LogP contribution in [0.2, 0.25) is 0 Å². The van der Waals surface area contributed by atoms with Crippen LogP contribution < -0.4 is 0 Å². The molecule has 92 valence electrons.